The zero-order valence-electron chi connectivity index (χ0n) is 20.4. The average molecular weight is 431 g/mol. The Hall–Kier alpha value is -2.02. The summed E-state index contributed by atoms with van der Waals surface area (Å²) >= 11 is 0. The molecular weight excluding hydrogens is 388 g/mol. The van der Waals surface area contributed by atoms with E-state index in [-0.39, 0.29) is 0 Å². The van der Waals surface area contributed by atoms with Crippen molar-refractivity contribution in [2.45, 2.75) is 96.3 Å². The Morgan fingerprint density at radius 3 is 1.94 bits per heavy atom. The molecule has 0 aliphatic heterocycles. The van der Waals surface area contributed by atoms with Gasteiger partial charge in [-0.15, -0.1) is 0 Å². The fraction of sp³-hybridized carbons (Fsp3) is 0.548. The summed E-state index contributed by atoms with van der Waals surface area (Å²) in [6, 6.07) is 18.1. The number of hydrogen-bond donors (Lipinski definition) is 0. The van der Waals surface area contributed by atoms with Crippen LogP contribution in [0.3, 0.4) is 0 Å². The van der Waals surface area contributed by atoms with Crippen LogP contribution in [0.4, 0.5) is 0 Å². The van der Waals surface area contributed by atoms with Crippen LogP contribution in [0.15, 0.2) is 60.7 Å². The first kappa shape index (κ1) is 23.1. The number of ether oxygens (including phenoxy) is 1. The van der Waals surface area contributed by atoms with Gasteiger partial charge in [0.1, 0.15) is 12.4 Å². The largest absolute Gasteiger partial charge is 0.490 e. The normalized spacial score (nSPS) is 24.8. The number of unbranched alkanes of at least 4 members (excludes halogenated alkanes) is 3. The van der Waals surface area contributed by atoms with Gasteiger partial charge in [-0.05, 0) is 91.0 Å². The molecule has 5 rings (SSSR count). The summed E-state index contributed by atoms with van der Waals surface area (Å²) in [6.45, 7) is 5.17. The Bertz CT molecular complexity index is 834. The van der Waals surface area contributed by atoms with Crippen LogP contribution in [0.1, 0.15) is 96.5 Å². The first-order valence-corrected chi connectivity index (χ1v) is 13.2. The third-order valence-corrected chi connectivity index (χ3v) is 8.37. The van der Waals surface area contributed by atoms with Crippen molar-refractivity contribution < 1.29 is 4.74 Å². The van der Waals surface area contributed by atoms with Crippen molar-refractivity contribution in [1.29, 1.82) is 0 Å². The molecule has 0 radical (unpaired) electrons. The van der Waals surface area contributed by atoms with Crippen LogP contribution in [-0.4, -0.2) is 6.61 Å². The standard InChI is InChI=1S/C31H42O/c1-3-5-7-9-25-32-29-16-12-27(13-17-29)26-10-14-28(15-11-26)31-22-19-30(20-23-31,21-24-31)18-8-6-4-2/h7,9-17H,3-6,8,18-25H2,1-2H3. The summed E-state index contributed by atoms with van der Waals surface area (Å²) in [5.74, 6) is 0.942. The summed E-state index contributed by atoms with van der Waals surface area (Å²) in [7, 11) is 0. The minimum absolute atomic E-state index is 0.452. The van der Waals surface area contributed by atoms with Gasteiger partial charge in [0.15, 0.2) is 0 Å². The molecule has 0 saturated heterocycles. The molecule has 3 aliphatic carbocycles. The second-order valence-electron chi connectivity index (χ2n) is 10.4. The fourth-order valence-corrected chi connectivity index (χ4v) is 6.08. The third kappa shape index (κ3) is 5.30. The van der Waals surface area contributed by atoms with E-state index in [0.717, 1.165) is 12.2 Å². The lowest BCUT2D eigenvalue weighted by atomic mass is 9.51. The summed E-state index contributed by atoms with van der Waals surface area (Å²) in [6.07, 6.45) is 20.9. The average Bonchev–Trinajstić information content (AvgIpc) is 2.86. The van der Waals surface area contributed by atoms with Gasteiger partial charge in [-0.3, -0.25) is 0 Å². The smallest absolute Gasteiger partial charge is 0.119 e. The van der Waals surface area contributed by atoms with Gasteiger partial charge in [-0.1, -0.05) is 88.1 Å². The molecule has 0 aromatic heterocycles. The molecule has 32 heavy (non-hydrogen) atoms. The van der Waals surface area contributed by atoms with Gasteiger partial charge in [0.2, 0.25) is 0 Å². The van der Waals surface area contributed by atoms with E-state index < -0.39 is 0 Å². The predicted molar refractivity (Wildman–Crippen MR) is 137 cm³/mol. The highest BCUT2D eigenvalue weighted by atomic mass is 16.5. The van der Waals surface area contributed by atoms with Gasteiger partial charge >= 0.3 is 0 Å². The quantitative estimate of drug-likeness (QED) is 0.255. The first-order valence-electron chi connectivity index (χ1n) is 13.2. The van der Waals surface area contributed by atoms with Crippen LogP contribution in [0.2, 0.25) is 0 Å². The van der Waals surface area contributed by atoms with Crippen molar-refractivity contribution in [3.8, 4) is 16.9 Å². The molecule has 2 aromatic rings. The van der Waals surface area contributed by atoms with E-state index in [0.29, 0.717) is 17.4 Å². The molecule has 0 N–H and O–H groups in total. The summed E-state index contributed by atoms with van der Waals surface area (Å²) in [5, 5.41) is 0. The summed E-state index contributed by atoms with van der Waals surface area (Å²) in [5.41, 5.74) is 5.30. The van der Waals surface area contributed by atoms with E-state index >= 15 is 0 Å². The summed E-state index contributed by atoms with van der Waals surface area (Å²) < 4.78 is 5.83. The maximum atomic E-state index is 5.83. The van der Waals surface area contributed by atoms with Crippen molar-refractivity contribution in [3.05, 3.63) is 66.2 Å². The van der Waals surface area contributed by atoms with E-state index in [1.807, 2.05) is 0 Å². The second-order valence-corrected chi connectivity index (χ2v) is 10.4. The minimum Gasteiger partial charge on any atom is -0.490 e. The number of rotatable bonds is 11. The molecule has 0 heterocycles. The van der Waals surface area contributed by atoms with Gasteiger partial charge < -0.3 is 4.74 Å². The second kappa shape index (κ2) is 10.7. The third-order valence-electron chi connectivity index (χ3n) is 8.37. The topological polar surface area (TPSA) is 9.23 Å². The molecule has 2 bridgehead atoms. The number of allylic oxidation sites excluding steroid dienone is 1. The molecule has 1 heteroatoms. The maximum absolute atomic E-state index is 5.83. The highest BCUT2D eigenvalue weighted by Crippen LogP contribution is 2.59. The Balaban J connectivity index is 1.35. The van der Waals surface area contributed by atoms with Gasteiger partial charge in [0.25, 0.3) is 0 Å². The molecule has 3 fully saturated rings. The van der Waals surface area contributed by atoms with Crippen LogP contribution in [0.25, 0.3) is 11.1 Å². The molecule has 0 amide bonds. The summed E-state index contributed by atoms with van der Waals surface area (Å²) in [4.78, 5) is 0. The van der Waals surface area contributed by atoms with E-state index in [9.17, 15) is 0 Å². The molecule has 0 atom stereocenters. The van der Waals surface area contributed by atoms with Crippen LogP contribution in [0.5, 0.6) is 5.75 Å². The zero-order valence-corrected chi connectivity index (χ0v) is 20.4. The van der Waals surface area contributed by atoms with E-state index in [4.69, 9.17) is 4.74 Å². The lowest BCUT2D eigenvalue weighted by Crippen LogP contribution is -2.44. The van der Waals surface area contributed by atoms with Crippen molar-refractivity contribution >= 4 is 0 Å². The monoisotopic (exact) mass is 430 g/mol. The maximum Gasteiger partial charge on any atom is 0.119 e. The minimum atomic E-state index is 0.452. The number of benzene rings is 2. The first-order chi connectivity index (χ1) is 15.7. The van der Waals surface area contributed by atoms with E-state index in [1.54, 1.807) is 5.56 Å². The molecule has 172 valence electrons. The highest BCUT2D eigenvalue weighted by Gasteiger charge is 2.48. The molecule has 3 saturated carbocycles. The van der Waals surface area contributed by atoms with Crippen molar-refractivity contribution in [2.24, 2.45) is 5.41 Å². The molecule has 0 spiro atoms. The van der Waals surface area contributed by atoms with Crippen molar-refractivity contribution in [2.75, 3.05) is 6.61 Å². The Labute approximate surface area is 196 Å². The zero-order chi connectivity index (χ0) is 22.3. The van der Waals surface area contributed by atoms with Gasteiger partial charge in [-0.25, -0.2) is 0 Å². The molecule has 1 nitrogen and oxygen atoms in total. The van der Waals surface area contributed by atoms with E-state index in [1.165, 1.54) is 81.8 Å². The van der Waals surface area contributed by atoms with Crippen LogP contribution in [-0.2, 0) is 5.41 Å². The van der Waals surface area contributed by atoms with Crippen LogP contribution < -0.4 is 4.74 Å². The molecule has 2 aromatic carbocycles. The van der Waals surface area contributed by atoms with Gasteiger partial charge in [0.05, 0.1) is 0 Å². The van der Waals surface area contributed by atoms with E-state index in [2.05, 4.69) is 74.5 Å². The van der Waals surface area contributed by atoms with Crippen molar-refractivity contribution in [3.63, 3.8) is 0 Å². The van der Waals surface area contributed by atoms with Gasteiger partial charge in [0, 0.05) is 0 Å². The number of fused-ring (bicyclic) bond motifs is 3. The predicted octanol–water partition coefficient (Wildman–Crippen LogP) is 9.26. The van der Waals surface area contributed by atoms with Crippen LogP contribution in [0, 0.1) is 5.41 Å². The number of hydrogen-bond acceptors (Lipinski definition) is 1. The Morgan fingerprint density at radius 1 is 0.719 bits per heavy atom. The SMILES string of the molecule is CCCC=CCOc1ccc(-c2ccc(C34CCC(CCCCC)(CC3)CC4)cc2)cc1. The van der Waals surface area contributed by atoms with Crippen LogP contribution >= 0.6 is 0 Å². The molecular formula is C31H42O. The fourth-order valence-electron chi connectivity index (χ4n) is 6.08. The molecule has 3 aliphatic rings. The lowest BCUT2D eigenvalue weighted by Gasteiger charge is -2.54. The van der Waals surface area contributed by atoms with Gasteiger partial charge in [-0.2, -0.15) is 0 Å². The Kier molecular flexibility index (Phi) is 7.76. The highest BCUT2D eigenvalue weighted by molar-refractivity contribution is 5.64. The lowest BCUT2D eigenvalue weighted by molar-refractivity contribution is 0.0305. The molecule has 0 unspecified atom stereocenters. The Morgan fingerprint density at radius 2 is 1.34 bits per heavy atom. The van der Waals surface area contributed by atoms with Crippen molar-refractivity contribution in [1.82, 2.24) is 0 Å².